The predicted molar refractivity (Wildman–Crippen MR) is 84.7 cm³/mol. The molecule has 0 aliphatic rings. The van der Waals surface area contributed by atoms with Crippen molar-refractivity contribution in [2.75, 3.05) is 14.2 Å². The van der Waals surface area contributed by atoms with Crippen LogP contribution in [0.3, 0.4) is 0 Å². The SMILES string of the molecule is COc1ccc(OC)c(S(=O)(=O)N[C@@H](C)c2ccccc2)c1. The van der Waals surface area contributed by atoms with Crippen molar-refractivity contribution in [3.63, 3.8) is 0 Å². The summed E-state index contributed by atoms with van der Waals surface area (Å²) in [6.45, 7) is 1.79. The molecule has 2 aromatic carbocycles. The van der Waals surface area contributed by atoms with Gasteiger partial charge in [-0.1, -0.05) is 30.3 Å². The van der Waals surface area contributed by atoms with E-state index < -0.39 is 10.0 Å². The number of hydrogen-bond donors (Lipinski definition) is 1. The maximum Gasteiger partial charge on any atom is 0.244 e. The van der Waals surface area contributed by atoms with Crippen molar-refractivity contribution in [2.24, 2.45) is 0 Å². The Bertz CT molecular complexity index is 729. The summed E-state index contributed by atoms with van der Waals surface area (Å²) < 4.78 is 38.1. The van der Waals surface area contributed by atoms with Gasteiger partial charge in [-0.05, 0) is 24.6 Å². The van der Waals surface area contributed by atoms with Crippen LogP contribution in [-0.2, 0) is 10.0 Å². The fourth-order valence-electron chi connectivity index (χ4n) is 2.10. The van der Waals surface area contributed by atoms with Crippen molar-refractivity contribution >= 4 is 10.0 Å². The second-order valence-corrected chi connectivity index (χ2v) is 6.45. The van der Waals surface area contributed by atoms with E-state index in [1.54, 1.807) is 19.1 Å². The molecule has 0 bridgehead atoms. The van der Waals surface area contributed by atoms with Gasteiger partial charge in [0, 0.05) is 12.1 Å². The van der Waals surface area contributed by atoms with Crippen LogP contribution in [0.2, 0.25) is 0 Å². The molecule has 0 saturated heterocycles. The maximum absolute atomic E-state index is 12.6. The summed E-state index contributed by atoms with van der Waals surface area (Å²) in [5, 5.41) is 0. The van der Waals surface area contributed by atoms with Gasteiger partial charge in [-0.25, -0.2) is 13.1 Å². The summed E-state index contributed by atoms with van der Waals surface area (Å²) in [6, 6.07) is 13.7. The zero-order valence-electron chi connectivity index (χ0n) is 12.7. The zero-order valence-corrected chi connectivity index (χ0v) is 13.6. The summed E-state index contributed by atoms with van der Waals surface area (Å²) in [4.78, 5) is 0.0529. The maximum atomic E-state index is 12.6. The van der Waals surface area contributed by atoms with E-state index in [0.29, 0.717) is 5.75 Å². The summed E-state index contributed by atoms with van der Waals surface area (Å²) >= 11 is 0. The van der Waals surface area contributed by atoms with Gasteiger partial charge in [-0.3, -0.25) is 0 Å². The van der Waals surface area contributed by atoms with Gasteiger partial charge in [0.2, 0.25) is 10.0 Å². The average Bonchev–Trinajstić information content (AvgIpc) is 2.54. The standard InChI is InChI=1S/C16H19NO4S/c1-12(13-7-5-4-6-8-13)17-22(18,19)16-11-14(20-2)9-10-15(16)21-3/h4-12,17H,1-3H3/t12-/m0/s1. The van der Waals surface area contributed by atoms with E-state index >= 15 is 0 Å². The van der Waals surface area contributed by atoms with Gasteiger partial charge >= 0.3 is 0 Å². The van der Waals surface area contributed by atoms with E-state index in [9.17, 15) is 8.42 Å². The third-order valence-corrected chi connectivity index (χ3v) is 4.85. The van der Waals surface area contributed by atoms with Crippen molar-refractivity contribution in [1.29, 1.82) is 0 Å². The second kappa shape index (κ2) is 6.81. The smallest absolute Gasteiger partial charge is 0.244 e. The van der Waals surface area contributed by atoms with Crippen molar-refractivity contribution in [3.05, 3.63) is 54.1 Å². The monoisotopic (exact) mass is 321 g/mol. The fourth-order valence-corrected chi connectivity index (χ4v) is 3.52. The Balaban J connectivity index is 2.34. The summed E-state index contributed by atoms with van der Waals surface area (Å²) in [5.41, 5.74) is 0.882. The first kappa shape index (κ1) is 16.3. The molecule has 0 fully saturated rings. The first-order valence-electron chi connectivity index (χ1n) is 6.77. The minimum atomic E-state index is -3.74. The van der Waals surface area contributed by atoms with Gasteiger partial charge in [0.1, 0.15) is 16.4 Å². The molecule has 5 nitrogen and oxygen atoms in total. The topological polar surface area (TPSA) is 64.6 Å². The zero-order chi connectivity index (χ0) is 16.2. The molecular formula is C16H19NO4S. The Hall–Kier alpha value is -2.05. The molecule has 22 heavy (non-hydrogen) atoms. The van der Waals surface area contributed by atoms with E-state index in [-0.39, 0.29) is 16.7 Å². The van der Waals surface area contributed by atoms with Gasteiger partial charge in [-0.2, -0.15) is 0 Å². The molecule has 1 N–H and O–H groups in total. The molecule has 0 aliphatic heterocycles. The van der Waals surface area contributed by atoms with Crippen molar-refractivity contribution in [2.45, 2.75) is 17.9 Å². The number of methoxy groups -OCH3 is 2. The van der Waals surface area contributed by atoms with Gasteiger partial charge < -0.3 is 9.47 Å². The number of rotatable bonds is 6. The van der Waals surface area contributed by atoms with Crippen molar-refractivity contribution < 1.29 is 17.9 Å². The largest absolute Gasteiger partial charge is 0.497 e. The number of benzene rings is 2. The van der Waals surface area contributed by atoms with Crippen LogP contribution in [-0.4, -0.2) is 22.6 Å². The lowest BCUT2D eigenvalue weighted by molar-refractivity contribution is 0.391. The van der Waals surface area contributed by atoms with Crippen LogP contribution in [0.5, 0.6) is 11.5 Å². The fraction of sp³-hybridized carbons (Fsp3) is 0.250. The third kappa shape index (κ3) is 3.58. The van der Waals surface area contributed by atoms with Gasteiger partial charge in [0.15, 0.2) is 0 Å². The number of ether oxygens (including phenoxy) is 2. The second-order valence-electron chi connectivity index (χ2n) is 4.77. The molecular weight excluding hydrogens is 302 g/mol. The molecule has 0 amide bonds. The summed E-state index contributed by atoms with van der Waals surface area (Å²) in [5.74, 6) is 0.724. The van der Waals surface area contributed by atoms with Crippen LogP contribution >= 0.6 is 0 Å². The molecule has 0 heterocycles. The minimum absolute atomic E-state index is 0.0529. The van der Waals surface area contributed by atoms with Crippen LogP contribution in [0.25, 0.3) is 0 Å². The van der Waals surface area contributed by atoms with E-state index in [1.165, 1.54) is 20.3 Å². The van der Waals surface area contributed by atoms with Gasteiger partial charge in [0.25, 0.3) is 0 Å². The van der Waals surface area contributed by atoms with Crippen LogP contribution in [0.1, 0.15) is 18.5 Å². The van der Waals surface area contributed by atoms with Crippen LogP contribution < -0.4 is 14.2 Å². The quantitative estimate of drug-likeness (QED) is 0.888. The normalized spacial score (nSPS) is 12.7. The first-order chi connectivity index (χ1) is 10.5. The molecule has 0 radical (unpaired) electrons. The number of nitrogens with one attached hydrogen (secondary N) is 1. The highest BCUT2D eigenvalue weighted by atomic mass is 32.2. The van der Waals surface area contributed by atoms with E-state index in [0.717, 1.165) is 5.56 Å². The van der Waals surface area contributed by atoms with Crippen molar-refractivity contribution in [3.8, 4) is 11.5 Å². The molecule has 6 heteroatoms. The highest BCUT2D eigenvalue weighted by molar-refractivity contribution is 7.89. The Morgan fingerprint density at radius 2 is 1.68 bits per heavy atom. The number of sulfonamides is 1. The molecule has 0 spiro atoms. The van der Waals surface area contributed by atoms with Crippen molar-refractivity contribution in [1.82, 2.24) is 4.72 Å². The predicted octanol–water partition coefficient (Wildman–Crippen LogP) is 2.74. The number of hydrogen-bond acceptors (Lipinski definition) is 4. The summed E-state index contributed by atoms with van der Waals surface area (Å²) in [7, 11) is -0.822. The van der Waals surface area contributed by atoms with E-state index in [2.05, 4.69) is 4.72 Å². The highest BCUT2D eigenvalue weighted by Gasteiger charge is 2.23. The van der Waals surface area contributed by atoms with Crippen LogP contribution in [0, 0.1) is 0 Å². The van der Waals surface area contributed by atoms with E-state index in [4.69, 9.17) is 9.47 Å². The van der Waals surface area contributed by atoms with Crippen LogP contribution in [0.4, 0.5) is 0 Å². The molecule has 0 saturated carbocycles. The molecule has 2 rings (SSSR count). The lowest BCUT2D eigenvalue weighted by Gasteiger charge is -2.16. The molecule has 0 aliphatic carbocycles. The van der Waals surface area contributed by atoms with E-state index in [1.807, 2.05) is 30.3 Å². The summed E-state index contributed by atoms with van der Waals surface area (Å²) in [6.07, 6.45) is 0. The minimum Gasteiger partial charge on any atom is -0.497 e. The average molecular weight is 321 g/mol. The molecule has 118 valence electrons. The highest BCUT2D eigenvalue weighted by Crippen LogP contribution is 2.29. The lowest BCUT2D eigenvalue weighted by Crippen LogP contribution is -2.27. The molecule has 0 aromatic heterocycles. The van der Waals surface area contributed by atoms with Gasteiger partial charge in [0.05, 0.1) is 14.2 Å². The van der Waals surface area contributed by atoms with Crippen LogP contribution in [0.15, 0.2) is 53.4 Å². The van der Waals surface area contributed by atoms with Gasteiger partial charge in [-0.15, -0.1) is 0 Å². The molecule has 2 aromatic rings. The Kier molecular flexibility index (Phi) is 5.05. The molecule has 0 unspecified atom stereocenters. The Morgan fingerprint density at radius 1 is 1.00 bits per heavy atom. The third-order valence-electron chi connectivity index (χ3n) is 3.29. The Labute approximate surface area is 130 Å². The molecule has 1 atom stereocenters. The lowest BCUT2D eigenvalue weighted by atomic mass is 10.1. The Morgan fingerprint density at radius 3 is 2.27 bits per heavy atom. The first-order valence-corrected chi connectivity index (χ1v) is 8.25.